The summed E-state index contributed by atoms with van der Waals surface area (Å²) in [4.78, 5) is 11.6. The van der Waals surface area contributed by atoms with Crippen LogP contribution >= 0.6 is 12.4 Å². The maximum absolute atomic E-state index is 11.6. The molecule has 0 saturated heterocycles. The van der Waals surface area contributed by atoms with Crippen LogP contribution in [0.15, 0.2) is 0 Å². The van der Waals surface area contributed by atoms with E-state index in [0.717, 1.165) is 6.42 Å². The van der Waals surface area contributed by atoms with Crippen molar-refractivity contribution >= 4 is 18.3 Å². The van der Waals surface area contributed by atoms with E-state index >= 15 is 0 Å². The second kappa shape index (κ2) is 8.72. The molecule has 5 heteroatoms. The molecule has 1 unspecified atom stereocenters. The van der Waals surface area contributed by atoms with E-state index in [0.29, 0.717) is 19.1 Å². The molecular weight excluding hydrogens is 240 g/mol. The molecule has 0 saturated carbocycles. The third kappa shape index (κ3) is 11.9. The molecule has 0 aromatic carbocycles. The lowest BCUT2D eigenvalue weighted by Gasteiger charge is -2.21. The fourth-order valence-electron chi connectivity index (χ4n) is 1.01. The third-order valence-corrected chi connectivity index (χ3v) is 2.15. The molecule has 1 atom stereocenters. The summed E-state index contributed by atoms with van der Waals surface area (Å²) in [6, 6.07) is 0. The van der Waals surface area contributed by atoms with Crippen LogP contribution in [0.4, 0.5) is 0 Å². The Bertz CT molecular complexity index is 215. The van der Waals surface area contributed by atoms with E-state index in [1.807, 2.05) is 13.8 Å². The summed E-state index contributed by atoms with van der Waals surface area (Å²) in [6.45, 7) is 10.9. The first-order valence-corrected chi connectivity index (χ1v) is 5.90. The van der Waals surface area contributed by atoms with Gasteiger partial charge < -0.3 is 15.8 Å². The highest BCUT2D eigenvalue weighted by molar-refractivity contribution is 5.85. The minimum Gasteiger partial charge on any atom is -0.369 e. The largest absolute Gasteiger partial charge is 0.369 e. The zero-order valence-corrected chi connectivity index (χ0v) is 12.4. The van der Waals surface area contributed by atoms with Crippen molar-refractivity contribution in [2.45, 2.75) is 52.7 Å². The first kappa shape index (κ1) is 19.0. The minimum absolute atomic E-state index is 0. The molecule has 0 heterocycles. The fraction of sp³-hybridized carbons (Fsp3) is 0.917. The molecule has 0 aromatic heterocycles. The first-order chi connectivity index (χ1) is 7.22. The number of nitrogens with one attached hydrogen (secondary N) is 1. The van der Waals surface area contributed by atoms with E-state index in [1.54, 1.807) is 6.92 Å². The molecule has 0 aliphatic carbocycles. The van der Waals surface area contributed by atoms with Crippen LogP contribution in [-0.4, -0.2) is 30.7 Å². The topological polar surface area (TPSA) is 64.3 Å². The van der Waals surface area contributed by atoms with E-state index in [9.17, 15) is 4.79 Å². The van der Waals surface area contributed by atoms with Gasteiger partial charge >= 0.3 is 0 Å². The number of hydrogen-bond donors (Lipinski definition) is 2. The van der Waals surface area contributed by atoms with Crippen LogP contribution in [0.5, 0.6) is 0 Å². The van der Waals surface area contributed by atoms with Gasteiger partial charge in [-0.1, -0.05) is 13.8 Å². The summed E-state index contributed by atoms with van der Waals surface area (Å²) in [5, 5.41) is 2.77. The Morgan fingerprint density at radius 3 is 2.29 bits per heavy atom. The summed E-state index contributed by atoms with van der Waals surface area (Å²) < 4.78 is 5.43. The number of ether oxygens (including phenoxy) is 1. The molecular formula is C12H27ClN2O2. The van der Waals surface area contributed by atoms with Crippen molar-refractivity contribution in [1.29, 1.82) is 0 Å². The molecule has 104 valence electrons. The van der Waals surface area contributed by atoms with Crippen molar-refractivity contribution in [3.05, 3.63) is 0 Å². The van der Waals surface area contributed by atoms with E-state index in [-0.39, 0.29) is 23.9 Å². The Labute approximate surface area is 111 Å². The van der Waals surface area contributed by atoms with Gasteiger partial charge in [0.25, 0.3) is 0 Å². The lowest BCUT2D eigenvalue weighted by atomic mass is 10.1. The van der Waals surface area contributed by atoms with Crippen LogP contribution in [0.2, 0.25) is 0 Å². The summed E-state index contributed by atoms with van der Waals surface area (Å²) in [5.41, 5.74) is 5.39. The molecule has 0 aliphatic heterocycles. The number of carbonyl (C=O) groups is 1. The lowest BCUT2D eigenvalue weighted by Crippen LogP contribution is -2.47. The van der Waals surface area contributed by atoms with Crippen LogP contribution in [0.1, 0.15) is 41.0 Å². The summed E-state index contributed by atoms with van der Waals surface area (Å²) >= 11 is 0. The Hall–Kier alpha value is -0.320. The maximum Gasteiger partial charge on any atom is 0.248 e. The Balaban J connectivity index is 0. The highest BCUT2D eigenvalue weighted by Gasteiger charge is 2.17. The van der Waals surface area contributed by atoms with Crippen LogP contribution in [-0.2, 0) is 9.53 Å². The van der Waals surface area contributed by atoms with Gasteiger partial charge in [-0.3, -0.25) is 4.79 Å². The highest BCUT2D eigenvalue weighted by Crippen LogP contribution is 2.02. The molecule has 0 spiro atoms. The molecule has 0 rings (SSSR count). The van der Waals surface area contributed by atoms with Gasteiger partial charge in [0.05, 0.1) is 0 Å². The minimum atomic E-state index is -0.402. The SMILES string of the molecule is CC(C)CCOC(C)C(=O)NCC(C)(C)N.Cl. The zero-order chi connectivity index (χ0) is 12.8. The van der Waals surface area contributed by atoms with Crippen LogP contribution in [0.25, 0.3) is 0 Å². The highest BCUT2D eigenvalue weighted by atomic mass is 35.5. The van der Waals surface area contributed by atoms with Crippen molar-refractivity contribution < 1.29 is 9.53 Å². The quantitative estimate of drug-likeness (QED) is 0.737. The van der Waals surface area contributed by atoms with Crippen LogP contribution < -0.4 is 11.1 Å². The zero-order valence-electron chi connectivity index (χ0n) is 11.6. The second-order valence-electron chi connectivity index (χ2n) is 5.40. The molecule has 0 radical (unpaired) electrons. The van der Waals surface area contributed by atoms with Crippen molar-refractivity contribution in [2.24, 2.45) is 11.7 Å². The lowest BCUT2D eigenvalue weighted by molar-refractivity contribution is -0.132. The number of halogens is 1. The molecule has 3 N–H and O–H groups in total. The molecule has 0 bridgehead atoms. The number of nitrogens with two attached hydrogens (primary N) is 1. The number of rotatable bonds is 7. The maximum atomic E-state index is 11.6. The molecule has 0 aliphatic rings. The standard InChI is InChI=1S/C12H26N2O2.ClH/c1-9(2)6-7-16-10(3)11(15)14-8-12(4,5)13;/h9-10H,6-8,13H2,1-5H3,(H,14,15);1H. The molecule has 0 fully saturated rings. The van der Waals surface area contributed by atoms with Gasteiger partial charge in [-0.2, -0.15) is 0 Å². The molecule has 0 aromatic rings. The summed E-state index contributed by atoms with van der Waals surface area (Å²) in [6.07, 6.45) is 0.570. The van der Waals surface area contributed by atoms with Gasteiger partial charge in [-0.25, -0.2) is 0 Å². The van der Waals surface area contributed by atoms with Gasteiger partial charge in [-0.15, -0.1) is 12.4 Å². The van der Waals surface area contributed by atoms with Gasteiger partial charge in [0, 0.05) is 18.7 Å². The third-order valence-electron chi connectivity index (χ3n) is 2.15. The van der Waals surface area contributed by atoms with Gasteiger partial charge in [0.15, 0.2) is 0 Å². The second-order valence-corrected chi connectivity index (χ2v) is 5.40. The molecule has 1 amide bonds. The van der Waals surface area contributed by atoms with E-state index < -0.39 is 6.10 Å². The van der Waals surface area contributed by atoms with E-state index in [2.05, 4.69) is 19.2 Å². The number of amides is 1. The predicted molar refractivity (Wildman–Crippen MR) is 73.4 cm³/mol. The van der Waals surface area contributed by atoms with E-state index in [1.165, 1.54) is 0 Å². The first-order valence-electron chi connectivity index (χ1n) is 5.90. The Kier molecular flexibility index (Phi) is 9.77. The van der Waals surface area contributed by atoms with Crippen LogP contribution in [0, 0.1) is 5.92 Å². The Morgan fingerprint density at radius 1 is 1.35 bits per heavy atom. The van der Waals surface area contributed by atoms with Gasteiger partial charge in [0.2, 0.25) is 5.91 Å². The van der Waals surface area contributed by atoms with E-state index in [4.69, 9.17) is 10.5 Å². The number of hydrogen-bond acceptors (Lipinski definition) is 3. The molecule has 17 heavy (non-hydrogen) atoms. The predicted octanol–water partition coefficient (Wildman–Crippen LogP) is 1.71. The van der Waals surface area contributed by atoms with Crippen molar-refractivity contribution in [2.75, 3.05) is 13.2 Å². The van der Waals surface area contributed by atoms with Crippen LogP contribution in [0.3, 0.4) is 0 Å². The number of carbonyl (C=O) groups excluding carboxylic acids is 1. The van der Waals surface area contributed by atoms with Crippen molar-refractivity contribution in [3.8, 4) is 0 Å². The smallest absolute Gasteiger partial charge is 0.248 e. The fourth-order valence-corrected chi connectivity index (χ4v) is 1.01. The monoisotopic (exact) mass is 266 g/mol. The summed E-state index contributed by atoms with van der Waals surface area (Å²) in [5.74, 6) is 0.500. The molecule has 4 nitrogen and oxygen atoms in total. The van der Waals surface area contributed by atoms with Crippen molar-refractivity contribution in [1.82, 2.24) is 5.32 Å². The Morgan fingerprint density at radius 2 is 1.88 bits per heavy atom. The summed E-state index contributed by atoms with van der Waals surface area (Å²) in [7, 11) is 0. The average molecular weight is 267 g/mol. The normalized spacial score (nSPS) is 13.1. The van der Waals surface area contributed by atoms with Gasteiger partial charge in [0.1, 0.15) is 6.10 Å². The van der Waals surface area contributed by atoms with Crippen molar-refractivity contribution in [3.63, 3.8) is 0 Å². The average Bonchev–Trinajstić information content (AvgIpc) is 2.12. The van der Waals surface area contributed by atoms with Gasteiger partial charge in [-0.05, 0) is 33.1 Å².